The average Bonchev–Trinajstić information content (AvgIpc) is 3.43. The third-order valence-corrected chi connectivity index (χ3v) is 7.65. The number of benzene rings is 1. The minimum atomic E-state index is -0.331. The van der Waals surface area contributed by atoms with Gasteiger partial charge in [-0.15, -0.1) is 21.5 Å². The van der Waals surface area contributed by atoms with Crippen molar-refractivity contribution in [3.63, 3.8) is 0 Å². The van der Waals surface area contributed by atoms with Crippen molar-refractivity contribution in [2.45, 2.75) is 55.0 Å². The minimum absolute atomic E-state index is 0.0733. The highest BCUT2D eigenvalue weighted by atomic mass is 32.2. The van der Waals surface area contributed by atoms with Gasteiger partial charge in [0.05, 0.1) is 0 Å². The van der Waals surface area contributed by atoms with E-state index in [4.69, 9.17) is 0 Å². The Labute approximate surface area is 186 Å². The molecule has 0 spiro atoms. The van der Waals surface area contributed by atoms with E-state index >= 15 is 0 Å². The summed E-state index contributed by atoms with van der Waals surface area (Å²) in [6, 6.07) is 14.6. The molecule has 0 aliphatic heterocycles. The highest BCUT2D eigenvalue weighted by molar-refractivity contribution is 8.00. The van der Waals surface area contributed by atoms with Crippen molar-refractivity contribution < 1.29 is 4.79 Å². The van der Waals surface area contributed by atoms with Gasteiger partial charge in [-0.3, -0.25) is 4.79 Å². The molecule has 158 valence electrons. The quantitative estimate of drug-likeness (QED) is 0.464. The van der Waals surface area contributed by atoms with Gasteiger partial charge in [0.1, 0.15) is 11.1 Å². The SMILES string of the molecule is CN(C)C(=O)[C@H](Sc1nnc(Cc2cccs2)n1C1CCCCC1)c1ccccc1. The average molecular weight is 441 g/mol. The summed E-state index contributed by atoms with van der Waals surface area (Å²) in [6.45, 7) is 0. The van der Waals surface area contributed by atoms with Crippen molar-refractivity contribution in [3.05, 3.63) is 64.1 Å². The Hall–Kier alpha value is -2.12. The van der Waals surface area contributed by atoms with Crippen LogP contribution in [0.5, 0.6) is 0 Å². The highest BCUT2D eigenvalue weighted by Gasteiger charge is 2.29. The number of rotatable bonds is 7. The molecule has 0 unspecified atom stereocenters. The smallest absolute Gasteiger partial charge is 0.240 e. The molecule has 1 saturated carbocycles. The van der Waals surface area contributed by atoms with Crippen molar-refractivity contribution in [1.29, 1.82) is 0 Å². The van der Waals surface area contributed by atoms with Gasteiger partial charge in [0.25, 0.3) is 0 Å². The van der Waals surface area contributed by atoms with Crippen LogP contribution in [0.25, 0.3) is 0 Å². The van der Waals surface area contributed by atoms with Crippen LogP contribution in [0, 0.1) is 0 Å². The molecule has 0 bridgehead atoms. The number of thioether (sulfide) groups is 1. The van der Waals surface area contributed by atoms with Crippen LogP contribution in [-0.4, -0.2) is 39.7 Å². The molecule has 3 aromatic rings. The fourth-order valence-electron chi connectivity index (χ4n) is 4.01. The zero-order chi connectivity index (χ0) is 20.9. The summed E-state index contributed by atoms with van der Waals surface area (Å²) in [4.78, 5) is 16.0. The summed E-state index contributed by atoms with van der Waals surface area (Å²) in [5, 5.41) is 11.8. The predicted octanol–water partition coefficient (Wildman–Crippen LogP) is 5.36. The second-order valence-electron chi connectivity index (χ2n) is 7.96. The zero-order valence-electron chi connectivity index (χ0n) is 17.5. The molecule has 1 aliphatic rings. The third-order valence-electron chi connectivity index (χ3n) is 5.58. The molecule has 2 heterocycles. The summed E-state index contributed by atoms with van der Waals surface area (Å²) in [5.74, 6) is 1.08. The van der Waals surface area contributed by atoms with Gasteiger partial charge in [-0.1, -0.05) is 67.4 Å². The molecular weight excluding hydrogens is 412 g/mol. The Kier molecular flexibility index (Phi) is 6.89. The number of carbonyl (C=O) groups excluding carboxylic acids is 1. The lowest BCUT2D eigenvalue weighted by Crippen LogP contribution is -2.27. The number of likely N-dealkylation sites (N-methyl/N-ethyl adjacent to an activating group) is 1. The highest BCUT2D eigenvalue weighted by Crippen LogP contribution is 2.39. The Balaban J connectivity index is 1.69. The Bertz CT molecular complexity index is 947. The van der Waals surface area contributed by atoms with Crippen molar-refractivity contribution in [2.24, 2.45) is 0 Å². The van der Waals surface area contributed by atoms with E-state index in [2.05, 4.69) is 32.3 Å². The predicted molar refractivity (Wildman–Crippen MR) is 123 cm³/mol. The van der Waals surface area contributed by atoms with Crippen LogP contribution in [0.1, 0.15) is 59.7 Å². The summed E-state index contributed by atoms with van der Waals surface area (Å²) in [5.41, 5.74) is 0.999. The molecular formula is C23H28N4OS2. The van der Waals surface area contributed by atoms with Gasteiger partial charge in [0.15, 0.2) is 5.16 Å². The molecule has 2 aromatic heterocycles. The second kappa shape index (κ2) is 9.79. The Morgan fingerprint density at radius 2 is 1.90 bits per heavy atom. The molecule has 0 saturated heterocycles. The summed E-state index contributed by atoms with van der Waals surface area (Å²) < 4.78 is 2.34. The van der Waals surface area contributed by atoms with Gasteiger partial charge in [-0.05, 0) is 29.9 Å². The van der Waals surface area contributed by atoms with E-state index in [0.717, 1.165) is 35.8 Å². The van der Waals surface area contributed by atoms with Gasteiger partial charge in [0.2, 0.25) is 5.91 Å². The Morgan fingerprint density at radius 1 is 1.13 bits per heavy atom. The molecule has 0 N–H and O–H groups in total. The normalized spacial score (nSPS) is 15.8. The maximum atomic E-state index is 13.0. The zero-order valence-corrected chi connectivity index (χ0v) is 19.2. The van der Waals surface area contributed by atoms with E-state index in [1.165, 1.54) is 35.9 Å². The Morgan fingerprint density at radius 3 is 2.57 bits per heavy atom. The topological polar surface area (TPSA) is 51.0 Å². The van der Waals surface area contributed by atoms with Gasteiger partial charge >= 0.3 is 0 Å². The van der Waals surface area contributed by atoms with Crippen LogP contribution in [0.3, 0.4) is 0 Å². The number of amides is 1. The first kappa shape index (κ1) is 21.1. The van der Waals surface area contributed by atoms with Gasteiger partial charge in [-0.2, -0.15) is 0 Å². The fraction of sp³-hybridized carbons (Fsp3) is 0.435. The number of hydrogen-bond donors (Lipinski definition) is 0. The monoisotopic (exact) mass is 440 g/mol. The molecule has 4 rings (SSSR count). The largest absolute Gasteiger partial charge is 0.348 e. The number of nitrogens with zero attached hydrogens (tertiary/aromatic N) is 4. The lowest BCUT2D eigenvalue weighted by molar-refractivity contribution is -0.128. The molecule has 1 aliphatic carbocycles. The number of hydrogen-bond acceptors (Lipinski definition) is 5. The lowest BCUT2D eigenvalue weighted by atomic mass is 9.95. The van der Waals surface area contributed by atoms with Crippen LogP contribution in [0.2, 0.25) is 0 Å². The number of thiophene rings is 1. The molecule has 1 fully saturated rings. The lowest BCUT2D eigenvalue weighted by Gasteiger charge is -2.27. The summed E-state index contributed by atoms with van der Waals surface area (Å²) >= 11 is 3.29. The van der Waals surface area contributed by atoms with Crippen molar-refractivity contribution in [2.75, 3.05) is 14.1 Å². The number of carbonyl (C=O) groups is 1. The number of aromatic nitrogens is 3. The van der Waals surface area contributed by atoms with Gasteiger partial charge in [0, 0.05) is 31.4 Å². The molecule has 1 aromatic carbocycles. The van der Waals surface area contributed by atoms with E-state index in [9.17, 15) is 4.79 Å². The van der Waals surface area contributed by atoms with Crippen LogP contribution in [0.4, 0.5) is 0 Å². The molecule has 1 atom stereocenters. The van der Waals surface area contributed by atoms with Crippen LogP contribution in [-0.2, 0) is 11.2 Å². The van der Waals surface area contributed by atoms with Crippen molar-refractivity contribution in [1.82, 2.24) is 19.7 Å². The van der Waals surface area contributed by atoms with E-state index in [1.807, 2.05) is 44.4 Å². The standard InChI is InChI=1S/C23H28N4OS2/c1-26(2)22(28)21(17-10-5-3-6-11-17)30-23-25-24-20(16-19-14-9-15-29-19)27(23)18-12-7-4-8-13-18/h3,5-6,9-11,14-15,18,21H,4,7-8,12-13,16H2,1-2H3/t21-/m1/s1. The first-order valence-corrected chi connectivity index (χ1v) is 12.3. The fourth-order valence-corrected chi connectivity index (χ4v) is 5.99. The summed E-state index contributed by atoms with van der Waals surface area (Å²) in [6.07, 6.45) is 6.88. The van der Waals surface area contributed by atoms with Gasteiger partial charge < -0.3 is 9.47 Å². The van der Waals surface area contributed by atoms with E-state index in [0.29, 0.717) is 6.04 Å². The molecule has 0 radical (unpaired) electrons. The molecule has 1 amide bonds. The van der Waals surface area contributed by atoms with E-state index in [-0.39, 0.29) is 11.2 Å². The minimum Gasteiger partial charge on any atom is -0.348 e. The van der Waals surface area contributed by atoms with Crippen LogP contribution in [0.15, 0.2) is 53.0 Å². The molecule has 7 heteroatoms. The maximum Gasteiger partial charge on any atom is 0.240 e. The second-order valence-corrected chi connectivity index (χ2v) is 10.1. The van der Waals surface area contributed by atoms with Crippen LogP contribution < -0.4 is 0 Å². The van der Waals surface area contributed by atoms with E-state index in [1.54, 1.807) is 16.2 Å². The molecule has 30 heavy (non-hydrogen) atoms. The van der Waals surface area contributed by atoms with Crippen molar-refractivity contribution >= 4 is 29.0 Å². The summed E-state index contributed by atoms with van der Waals surface area (Å²) in [7, 11) is 3.62. The van der Waals surface area contributed by atoms with Crippen LogP contribution >= 0.6 is 23.1 Å². The first-order chi connectivity index (χ1) is 14.6. The molecule has 5 nitrogen and oxygen atoms in total. The van der Waals surface area contributed by atoms with E-state index < -0.39 is 0 Å². The maximum absolute atomic E-state index is 13.0. The first-order valence-electron chi connectivity index (χ1n) is 10.5. The third kappa shape index (κ3) is 4.78. The van der Waals surface area contributed by atoms with Gasteiger partial charge in [-0.25, -0.2) is 0 Å². The van der Waals surface area contributed by atoms with Crippen molar-refractivity contribution in [3.8, 4) is 0 Å².